The number of rotatable bonds is 6. The van der Waals surface area contributed by atoms with Gasteiger partial charge in [0.15, 0.2) is 0 Å². The molecule has 0 spiro atoms. The van der Waals surface area contributed by atoms with Crippen molar-refractivity contribution in [1.29, 1.82) is 0 Å². The second kappa shape index (κ2) is 12.2. The van der Waals surface area contributed by atoms with Gasteiger partial charge in [-0.3, -0.25) is 0 Å². The van der Waals surface area contributed by atoms with Gasteiger partial charge in [0, 0.05) is 11.1 Å². The highest BCUT2D eigenvalue weighted by Crippen LogP contribution is 2.42. The Bertz CT molecular complexity index is 1180. The van der Waals surface area contributed by atoms with Gasteiger partial charge in [-0.15, -0.1) is 11.1 Å². The van der Waals surface area contributed by atoms with E-state index in [1.807, 2.05) is 0 Å². The van der Waals surface area contributed by atoms with E-state index in [4.69, 9.17) is 0 Å². The van der Waals surface area contributed by atoms with Crippen molar-refractivity contribution in [3.63, 3.8) is 0 Å². The predicted molar refractivity (Wildman–Crippen MR) is 178 cm³/mol. The highest BCUT2D eigenvalue weighted by molar-refractivity contribution is 6.91. The van der Waals surface area contributed by atoms with Crippen LogP contribution < -0.4 is 0 Å². The molecule has 0 heterocycles. The van der Waals surface area contributed by atoms with Crippen molar-refractivity contribution in [1.82, 2.24) is 0 Å². The summed E-state index contributed by atoms with van der Waals surface area (Å²) in [5.41, 5.74) is 15.5. The normalized spacial score (nSPS) is 13.1. The van der Waals surface area contributed by atoms with Crippen LogP contribution in [0.15, 0.2) is 30.3 Å². The molecule has 2 rings (SSSR count). The van der Waals surface area contributed by atoms with Crippen LogP contribution in [0.4, 0.5) is 0 Å². The first kappa shape index (κ1) is 32.5. The smallest absolute Gasteiger partial charge is 0.125 e. The molecule has 0 aliphatic heterocycles. The zero-order chi connectivity index (χ0) is 29.2. The summed E-state index contributed by atoms with van der Waals surface area (Å²) in [4.78, 5) is 0. The van der Waals surface area contributed by atoms with Gasteiger partial charge in [-0.1, -0.05) is 140 Å². The Morgan fingerprint density at radius 1 is 0.526 bits per heavy atom. The van der Waals surface area contributed by atoms with E-state index in [0.717, 1.165) is 5.56 Å². The lowest BCUT2D eigenvalue weighted by molar-refractivity contribution is 0.589. The molecule has 38 heavy (non-hydrogen) atoms. The molecular formula is C36H56Si2. The van der Waals surface area contributed by atoms with Crippen molar-refractivity contribution in [3.05, 3.63) is 47.0 Å². The van der Waals surface area contributed by atoms with Gasteiger partial charge in [0.1, 0.15) is 16.1 Å². The second-order valence-electron chi connectivity index (χ2n) is 14.4. The van der Waals surface area contributed by atoms with E-state index in [2.05, 4.69) is 157 Å². The lowest BCUT2D eigenvalue weighted by Crippen LogP contribution is -2.43. The number of fused-ring (bicyclic) bond motifs is 1. The minimum atomic E-state index is -1.85. The third kappa shape index (κ3) is 6.03. The first-order valence-electron chi connectivity index (χ1n) is 15.1. The van der Waals surface area contributed by atoms with E-state index in [9.17, 15) is 0 Å². The summed E-state index contributed by atoms with van der Waals surface area (Å²) in [7, 11) is -3.67. The molecule has 2 aromatic carbocycles. The summed E-state index contributed by atoms with van der Waals surface area (Å²) in [6.07, 6.45) is 0. The largest absolute Gasteiger partial charge is 0.146 e. The van der Waals surface area contributed by atoms with Crippen LogP contribution in [-0.4, -0.2) is 16.1 Å². The fraction of sp³-hybridized carbons (Fsp3) is 0.611. The van der Waals surface area contributed by atoms with E-state index in [-0.39, 0.29) is 5.41 Å². The SMILES string of the molecule is CC(C)[Si](C#Cc1cccc2c(C#C[Si](C(C)C)(C(C)C)C(C)C)c(C(C)(C)C)ccc12)(C(C)C)C(C)C. The first-order valence-corrected chi connectivity index (χ1v) is 19.5. The highest BCUT2D eigenvalue weighted by atomic mass is 28.3. The van der Waals surface area contributed by atoms with Gasteiger partial charge in [0.25, 0.3) is 0 Å². The summed E-state index contributed by atoms with van der Waals surface area (Å²) in [6.45, 7) is 35.7. The monoisotopic (exact) mass is 544 g/mol. The van der Waals surface area contributed by atoms with E-state index >= 15 is 0 Å². The minimum Gasteiger partial charge on any atom is -0.125 e. The zero-order valence-electron chi connectivity index (χ0n) is 27.4. The van der Waals surface area contributed by atoms with Crippen LogP contribution in [-0.2, 0) is 5.41 Å². The van der Waals surface area contributed by atoms with Crippen molar-refractivity contribution >= 4 is 26.9 Å². The van der Waals surface area contributed by atoms with Gasteiger partial charge in [0.2, 0.25) is 0 Å². The Hall–Kier alpha value is -1.75. The van der Waals surface area contributed by atoms with E-state index in [0.29, 0.717) is 33.2 Å². The van der Waals surface area contributed by atoms with Crippen molar-refractivity contribution in [2.45, 2.75) is 143 Å². The van der Waals surface area contributed by atoms with Gasteiger partial charge >= 0.3 is 0 Å². The summed E-state index contributed by atoms with van der Waals surface area (Å²) >= 11 is 0. The average Bonchev–Trinajstić information content (AvgIpc) is 2.77. The van der Waals surface area contributed by atoms with Crippen LogP contribution in [0, 0.1) is 22.9 Å². The predicted octanol–water partition coefficient (Wildman–Crippen LogP) is 11.3. The Morgan fingerprint density at radius 3 is 1.34 bits per heavy atom. The fourth-order valence-corrected chi connectivity index (χ4v) is 17.9. The van der Waals surface area contributed by atoms with Gasteiger partial charge in [0.05, 0.1) is 0 Å². The van der Waals surface area contributed by atoms with Gasteiger partial charge in [-0.2, -0.15) is 0 Å². The molecule has 2 heteroatoms. The standard InChI is InChI=1S/C36H56Si2/c1-25(2)37(26(3)4,27(5)6)23-21-31-17-16-18-33-32(31)19-20-35(36(13,14)15)34(33)22-24-38(28(7)8,29(9)10)30(11)12/h16-20,25-30H,1-15H3. The molecule has 0 atom stereocenters. The lowest BCUT2D eigenvalue weighted by atomic mass is 9.81. The van der Waals surface area contributed by atoms with Gasteiger partial charge in [-0.05, 0) is 61.1 Å². The van der Waals surface area contributed by atoms with Gasteiger partial charge in [-0.25, -0.2) is 0 Å². The molecule has 0 unspecified atom stereocenters. The molecule has 0 bridgehead atoms. The van der Waals surface area contributed by atoms with E-state index in [1.54, 1.807) is 0 Å². The van der Waals surface area contributed by atoms with Crippen LogP contribution >= 0.6 is 0 Å². The zero-order valence-corrected chi connectivity index (χ0v) is 29.4. The van der Waals surface area contributed by atoms with Crippen LogP contribution in [0.5, 0.6) is 0 Å². The topological polar surface area (TPSA) is 0 Å². The van der Waals surface area contributed by atoms with Crippen LogP contribution in [0.3, 0.4) is 0 Å². The molecule has 2 aromatic rings. The fourth-order valence-electron chi connectivity index (χ4n) is 7.44. The Labute approximate surface area is 238 Å². The second-order valence-corrected chi connectivity index (χ2v) is 25.6. The molecule has 0 N–H and O–H groups in total. The number of hydrogen-bond acceptors (Lipinski definition) is 0. The molecule has 0 saturated heterocycles. The highest BCUT2D eigenvalue weighted by Gasteiger charge is 2.42. The molecule has 0 radical (unpaired) electrons. The van der Waals surface area contributed by atoms with Crippen molar-refractivity contribution in [3.8, 4) is 22.9 Å². The molecule has 0 amide bonds. The van der Waals surface area contributed by atoms with E-state index in [1.165, 1.54) is 21.9 Å². The van der Waals surface area contributed by atoms with Crippen molar-refractivity contribution < 1.29 is 0 Å². The summed E-state index contributed by atoms with van der Waals surface area (Å²) in [5, 5.41) is 2.52. The third-order valence-corrected chi connectivity index (χ3v) is 22.0. The first-order chi connectivity index (χ1) is 17.4. The van der Waals surface area contributed by atoms with Crippen molar-refractivity contribution in [2.24, 2.45) is 0 Å². The quantitative estimate of drug-likeness (QED) is 0.250. The maximum Gasteiger partial charge on any atom is 0.146 e. The number of hydrogen-bond donors (Lipinski definition) is 0. The minimum absolute atomic E-state index is 0.0204. The molecule has 0 saturated carbocycles. The molecule has 208 valence electrons. The van der Waals surface area contributed by atoms with Crippen molar-refractivity contribution in [2.75, 3.05) is 0 Å². The summed E-state index contributed by atoms with van der Waals surface area (Å²) in [6, 6.07) is 11.3. The molecule has 0 nitrogen and oxygen atoms in total. The molecular weight excluding hydrogens is 489 g/mol. The average molecular weight is 545 g/mol. The summed E-state index contributed by atoms with van der Waals surface area (Å²) in [5.74, 6) is 7.63. The van der Waals surface area contributed by atoms with Crippen LogP contribution in [0.2, 0.25) is 33.2 Å². The molecule has 0 fully saturated rings. The van der Waals surface area contributed by atoms with E-state index < -0.39 is 16.1 Å². The Kier molecular flexibility index (Phi) is 10.4. The number of benzene rings is 2. The maximum atomic E-state index is 4.03. The Morgan fingerprint density at radius 2 is 0.947 bits per heavy atom. The molecule has 0 aliphatic rings. The third-order valence-electron chi connectivity index (χ3n) is 9.42. The molecule has 0 aromatic heterocycles. The molecule has 0 aliphatic carbocycles. The van der Waals surface area contributed by atoms with Gasteiger partial charge < -0.3 is 0 Å². The van der Waals surface area contributed by atoms with Crippen LogP contribution in [0.1, 0.15) is 121 Å². The Balaban J connectivity index is 2.95. The summed E-state index contributed by atoms with van der Waals surface area (Å²) < 4.78 is 0. The lowest BCUT2D eigenvalue weighted by Gasteiger charge is -2.38. The maximum absolute atomic E-state index is 4.03. The van der Waals surface area contributed by atoms with Crippen LogP contribution in [0.25, 0.3) is 10.8 Å².